The van der Waals surface area contributed by atoms with Crippen molar-refractivity contribution in [1.29, 1.82) is 0 Å². The number of benzene rings is 1. The van der Waals surface area contributed by atoms with E-state index in [9.17, 15) is 0 Å². The quantitative estimate of drug-likeness (QED) is 0.875. The van der Waals surface area contributed by atoms with E-state index in [1.165, 1.54) is 25.7 Å². The number of rotatable bonds is 3. The van der Waals surface area contributed by atoms with Crippen LogP contribution in [0, 0.1) is 5.92 Å². The summed E-state index contributed by atoms with van der Waals surface area (Å²) in [6.07, 6.45) is 5.25. The Morgan fingerprint density at radius 2 is 2.16 bits per heavy atom. The number of furan rings is 1. The molecule has 0 spiro atoms. The van der Waals surface area contributed by atoms with Gasteiger partial charge in [-0.25, -0.2) is 0 Å². The molecular formula is C16H20ClNO. The molecule has 1 fully saturated rings. The average Bonchev–Trinajstić information content (AvgIpc) is 2.72. The van der Waals surface area contributed by atoms with Gasteiger partial charge in [0, 0.05) is 23.5 Å². The zero-order chi connectivity index (χ0) is 13.2. The summed E-state index contributed by atoms with van der Waals surface area (Å²) in [5, 5.41) is 5.30. The van der Waals surface area contributed by atoms with Crippen molar-refractivity contribution in [2.75, 3.05) is 0 Å². The minimum Gasteiger partial charge on any atom is -0.444 e. The summed E-state index contributed by atoms with van der Waals surface area (Å²) >= 11 is 6.21. The molecule has 2 atom stereocenters. The highest BCUT2D eigenvalue weighted by atomic mass is 35.5. The molecule has 0 radical (unpaired) electrons. The van der Waals surface area contributed by atoms with Crippen molar-refractivity contribution in [1.82, 2.24) is 5.32 Å². The molecule has 1 aromatic heterocycles. The van der Waals surface area contributed by atoms with Gasteiger partial charge in [0.15, 0.2) is 5.22 Å². The summed E-state index contributed by atoms with van der Waals surface area (Å²) in [5.74, 6) is 0.836. The van der Waals surface area contributed by atoms with Gasteiger partial charge in [0.1, 0.15) is 5.58 Å². The molecule has 1 aliphatic rings. The van der Waals surface area contributed by atoms with Gasteiger partial charge in [-0.3, -0.25) is 0 Å². The molecule has 102 valence electrons. The molecule has 1 aliphatic carbocycles. The second-order valence-corrected chi connectivity index (χ2v) is 6.04. The number of hydrogen-bond acceptors (Lipinski definition) is 2. The van der Waals surface area contributed by atoms with Gasteiger partial charge < -0.3 is 9.73 Å². The van der Waals surface area contributed by atoms with E-state index in [0.717, 1.165) is 29.0 Å². The molecule has 0 amide bonds. The minimum absolute atomic E-state index is 0.526. The van der Waals surface area contributed by atoms with Crippen LogP contribution in [0.5, 0.6) is 0 Å². The fourth-order valence-corrected chi connectivity index (χ4v) is 3.35. The van der Waals surface area contributed by atoms with Crippen LogP contribution in [-0.2, 0) is 6.54 Å². The van der Waals surface area contributed by atoms with Crippen LogP contribution >= 0.6 is 11.6 Å². The van der Waals surface area contributed by atoms with Crippen molar-refractivity contribution in [2.24, 2.45) is 5.92 Å². The van der Waals surface area contributed by atoms with E-state index < -0.39 is 0 Å². The van der Waals surface area contributed by atoms with Crippen molar-refractivity contribution in [3.05, 3.63) is 35.0 Å². The van der Waals surface area contributed by atoms with Gasteiger partial charge in [-0.2, -0.15) is 0 Å². The largest absolute Gasteiger partial charge is 0.444 e. The maximum Gasteiger partial charge on any atom is 0.199 e. The second kappa shape index (κ2) is 5.56. The van der Waals surface area contributed by atoms with E-state index in [1.54, 1.807) is 0 Å². The summed E-state index contributed by atoms with van der Waals surface area (Å²) < 4.78 is 5.59. The van der Waals surface area contributed by atoms with Crippen molar-refractivity contribution in [3.63, 3.8) is 0 Å². The lowest BCUT2D eigenvalue weighted by molar-refractivity contribution is 0.300. The van der Waals surface area contributed by atoms with Gasteiger partial charge in [-0.05, 0) is 36.4 Å². The van der Waals surface area contributed by atoms with Gasteiger partial charge >= 0.3 is 0 Å². The number of fused-ring (bicyclic) bond motifs is 1. The number of nitrogens with one attached hydrogen (secondary N) is 1. The molecule has 0 bridgehead atoms. The fourth-order valence-electron chi connectivity index (χ4n) is 3.10. The normalized spacial score (nSPS) is 23.9. The predicted octanol–water partition coefficient (Wildman–Crippen LogP) is 4.75. The highest BCUT2D eigenvalue weighted by Gasteiger charge is 2.19. The van der Waals surface area contributed by atoms with Crippen molar-refractivity contribution in [2.45, 2.75) is 45.2 Å². The summed E-state index contributed by atoms with van der Waals surface area (Å²) in [6, 6.07) is 8.66. The SMILES string of the molecule is CC1CCCC(NCc2c(Cl)oc3ccccc23)C1. The number of hydrogen-bond donors (Lipinski definition) is 1. The molecule has 0 aliphatic heterocycles. The van der Waals surface area contributed by atoms with Crippen molar-refractivity contribution >= 4 is 22.6 Å². The third-order valence-corrected chi connectivity index (χ3v) is 4.46. The van der Waals surface area contributed by atoms with Gasteiger partial charge in [-0.15, -0.1) is 0 Å². The van der Waals surface area contributed by atoms with Gasteiger partial charge in [-0.1, -0.05) is 38.0 Å². The van der Waals surface area contributed by atoms with E-state index in [-0.39, 0.29) is 0 Å². The molecule has 1 N–H and O–H groups in total. The first-order chi connectivity index (χ1) is 9.24. The topological polar surface area (TPSA) is 25.2 Å². The molecule has 1 heterocycles. The van der Waals surface area contributed by atoms with Crippen LogP contribution in [0.3, 0.4) is 0 Å². The van der Waals surface area contributed by atoms with Gasteiger partial charge in [0.2, 0.25) is 0 Å². The molecule has 1 aromatic carbocycles. The summed E-state index contributed by atoms with van der Waals surface area (Å²) in [5.41, 5.74) is 1.97. The Kier molecular flexibility index (Phi) is 3.81. The van der Waals surface area contributed by atoms with Gasteiger partial charge in [0.25, 0.3) is 0 Å². The number of para-hydroxylation sites is 1. The standard InChI is InChI=1S/C16H20ClNO/c1-11-5-4-6-12(9-11)18-10-14-13-7-2-3-8-15(13)19-16(14)17/h2-3,7-8,11-12,18H,4-6,9-10H2,1H3. The van der Waals surface area contributed by atoms with Crippen LogP contribution in [0.1, 0.15) is 38.2 Å². The molecular weight excluding hydrogens is 258 g/mol. The van der Waals surface area contributed by atoms with Crippen LogP contribution in [0.4, 0.5) is 0 Å². The molecule has 2 unspecified atom stereocenters. The molecule has 1 saturated carbocycles. The maximum absolute atomic E-state index is 6.21. The Hall–Kier alpha value is -0.990. The second-order valence-electron chi connectivity index (χ2n) is 5.70. The molecule has 3 rings (SSSR count). The summed E-state index contributed by atoms with van der Waals surface area (Å²) in [7, 11) is 0. The third-order valence-electron chi connectivity index (χ3n) is 4.15. The Morgan fingerprint density at radius 1 is 1.32 bits per heavy atom. The lowest BCUT2D eigenvalue weighted by atomic mass is 9.87. The fraction of sp³-hybridized carbons (Fsp3) is 0.500. The van der Waals surface area contributed by atoms with E-state index in [0.29, 0.717) is 11.3 Å². The van der Waals surface area contributed by atoms with E-state index in [1.807, 2.05) is 18.2 Å². The van der Waals surface area contributed by atoms with E-state index in [2.05, 4.69) is 18.3 Å². The first-order valence-electron chi connectivity index (χ1n) is 7.13. The van der Waals surface area contributed by atoms with Crippen LogP contribution in [0.25, 0.3) is 11.0 Å². The molecule has 3 heteroatoms. The van der Waals surface area contributed by atoms with Crippen molar-refractivity contribution < 1.29 is 4.42 Å². The Morgan fingerprint density at radius 3 is 3.00 bits per heavy atom. The first-order valence-corrected chi connectivity index (χ1v) is 7.51. The highest BCUT2D eigenvalue weighted by molar-refractivity contribution is 6.30. The lowest BCUT2D eigenvalue weighted by Crippen LogP contribution is -2.33. The van der Waals surface area contributed by atoms with Crippen LogP contribution in [0.15, 0.2) is 28.7 Å². The van der Waals surface area contributed by atoms with E-state index >= 15 is 0 Å². The number of halogens is 1. The molecule has 19 heavy (non-hydrogen) atoms. The smallest absolute Gasteiger partial charge is 0.199 e. The van der Waals surface area contributed by atoms with Crippen molar-refractivity contribution in [3.8, 4) is 0 Å². The monoisotopic (exact) mass is 277 g/mol. The van der Waals surface area contributed by atoms with E-state index in [4.69, 9.17) is 16.0 Å². The van der Waals surface area contributed by atoms with Gasteiger partial charge in [0.05, 0.1) is 0 Å². The zero-order valence-corrected chi connectivity index (χ0v) is 12.0. The molecule has 0 saturated heterocycles. The lowest BCUT2D eigenvalue weighted by Gasteiger charge is -2.27. The van der Waals surface area contributed by atoms with Crippen LogP contribution in [-0.4, -0.2) is 6.04 Å². The predicted molar refractivity (Wildman–Crippen MR) is 79.5 cm³/mol. The van der Waals surface area contributed by atoms with Crippen LogP contribution < -0.4 is 5.32 Å². The minimum atomic E-state index is 0.526. The maximum atomic E-state index is 6.21. The molecule has 2 aromatic rings. The Balaban J connectivity index is 1.73. The van der Waals surface area contributed by atoms with Crippen LogP contribution in [0.2, 0.25) is 5.22 Å². The first kappa shape index (κ1) is 13.0. The Labute approximate surface area is 119 Å². The zero-order valence-electron chi connectivity index (χ0n) is 11.3. The average molecular weight is 278 g/mol. The summed E-state index contributed by atoms with van der Waals surface area (Å²) in [4.78, 5) is 0. The third kappa shape index (κ3) is 2.80. The summed E-state index contributed by atoms with van der Waals surface area (Å²) in [6.45, 7) is 3.14. The molecule has 2 nitrogen and oxygen atoms in total. The Bertz CT molecular complexity index is 563. The highest BCUT2D eigenvalue weighted by Crippen LogP contribution is 2.30.